The Balaban J connectivity index is 1.65. The maximum Gasteiger partial charge on any atom is 0.0178 e. The van der Waals surface area contributed by atoms with Gasteiger partial charge in [-0.15, -0.1) is 0 Å². The van der Waals surface area contributed by atoms with E-state index in [-0.39, 0.29) is 0 Å². The summed E-state index contributed by atoms with van der Waals surface area (Å²) in [6.07, 6.45) is 6.77. The van der Waals surface area contributed by atoms with Crippen LogP contribution in [0.25, 0.3) is 0 Å². The fraction of sp³-hybridized carbons (Fsp3) is 0.600. The summed E-state index contributed by atoms with van der Waals surface area (Å²) in [4.78, 5) is 0. The maximum absolute atomic E-state index is 6.43. The SMILES string of the molecule is NC(Cc1cccc(Br)c1)C1CC2CCC1C2. The summed E-state index contributed by atoms with van der Waals surface area (Å²) < 4.78 is 1.16. The highest BCUT2D eigenvalue weighted by Crippen LogP contribution is 2.49. The Hall–Kier alpha value is -0.340. The van der Waals surface area contributed by atoms with E-state index in [1.54, 1.807) is 0 Å². The van der Waals surface area contributed by atoms with Crippen LogP contribution in [0.5, 0.6) is 0 Å². The van der Waals surface area contributed by atoms with Crippen LogP contribution in [0.1, 0.15) is 31.2 Å². The van der Waals surface area contributed by atoms with E-state index in [0.717, 1.165) is 28.6 Å². The summed E-state index contributed by atoms with van der Waals surface area (Å²) in [6, 6.07) is 8.93. The summed E-state index contributed by atoms with van der Waals surface area (Å²) in [6.45, 7) is 0. The van der Waals surface area contributed by atoms with Gasteiger partial charge in [-0.2, -0.15) is 0 Å². The second-order valence-electron chi connectivity index (χ2n) is 5.84. The molecule has 0 aromatic heterocycles. The van der Waals surface area contributed by atoms with Gasteiger partial charge in [-0.05, 0) is 61.1 Å². The summed E-state index contributed by atoms with van der Waals surface area (Å²) in [5.74, 6) is 2.72. The van der Waals surface area contributed by atoms with Crippen molar-refractivity contribution in [3.8, 4) is 0 Å². The predicted molar refractivity (Wildman–Crippen MR) is 74.8 cm³/mol. The van der Waals surface area contributed by atoms with Crippen LogP contribution in [0.4, 0.5) is 0 Å². The number of hydrogen-bond acceptors (Lipinski definition) is 1. The van der Waals surface area contributed by atoms with Crippen molar-refractivity contribution in [2.24, 2.45) is 23.5 Å². The van der Waals surface area contributed by atoms with E-state index in [1.807, 2.05) is 0 Å². The number of fused-ring (bicyclic) bond motifs is 2. The Labute approximate surface area is 112 Å². The molecule has 2 fully saturated rings. The van der Waals surface area contributed by atoms with Gasteiger partial charge in [0.1, 0.15) is 0 Å². The first kappa shape index (κ1) is 11.7. The Kier molecular flexibility index (Phi) is 3.27. The summed E-state index contributed by atoms with van der Waals surface area (Å²) in [7, 11) is 0. The largest absolute Gasteiger partial charge is 0.327 e. The Morgan fingerprint density at radius 3 is 2.82 bits per heavy atom. The molecule has 0 aliphatic heterocycles. The third-order valence-electron chi connectivity index (χ3n) is 4.70. The van der Waals surface area contributed by atoms with E-state index in [9.17, 15) is 0 Å². The van der Waals surface area contributed by atoms with Gasteiger partial charge in [0.2, 0.25) is 0 Å². The molecule has 92 valence electrons. The van der Waals surface area contributed by atoms with E-state index in [0.29, 0.717) is 6.04 Å². The zero-order valence-corrected chi connectivity index (χ0v) is 11.7. The molecule has 2 bridgehead atoms. The Morgan fingerprint density at radius 2 is 2.18 bits per heavy atom. The lowest BCUT2D eigenvalue weighted by Gasteiger charge is -2.27. The van der Waals surface area contributed by atoms with Crippen LogP contribution in [-0.4, -0.2) is 6.04 Å². The molecule has 0 saturated heterocycles. The van der Waals surface area contributed by atoms with Crippen LogP contribution in [0.15, 0.2) is 28.7 Å². The molecular weight excluding hydrogens is 274 g/mol. The van der Waals surface area contributed by atoms with Crippen molar-refractivity contribution in [3.05, 3.63) is 34.3 Å². The van der Waals surface area contributed by atoms with E-state index in [2.05, 4.69) is 40.2 Å². The molecule has 4 atom stereocenters. The summed E-state index contributed by atoms with van der Waals surface area (Å²) in [5, 5.41) is 0. The zero-order valence-electron chi connectivity index (χ0n) is 10.1. The summed E-state index contributed by atoms with van der Waals surface area (Å²) >= 11 is 3.53. The number of hydrogen-bond donors (Lipinski definition) is 1. The molecule has 17 heavy (non-hydrogen) atoms. The lowest BCUT2D eigenvalue weighted by atomic mass is 9.81. The molecule has 2 N–H and O–H groups in total. The summed E-state index contributed by atoms with van der Waals surface area (Å²) in [5.41, 5.74) is 7.80. The van der Waals surface area contributed by atoms with Crippen molar-refractivity contribution < 1.29 is 0 Å². The zero-order chi connectivity index (χ0) is 11.8. The van der Waals surface area contributed by atoms with Gasteiger partial charge in [0.05, 0.1) is 0 Å². The van der Waals surface area contributed by atoms with E-state index < -0.39 is 0 Å². The molecule has 0 heterocycles. The van der Waals surface area contributed by atoms with Gasteiger partial charge >= 0.3 is 0 Å². The lowest BCUT2D eigenvalue weighted by Crippen LogP contribution is -2.35. The molecule has 0 spiro atoms. The molecule has 1 nitrogen and oxygen atoms in total. The molecular formula is C15H20BrN. The minimum Gasteiger partial charge on any atom is -0.327 e. The van der Waals surface area contributed by atoms with Gasteiger partial charge in [-0.1, -0.05) is 34.5 Å². The minimum atomic E-state index is 0.361. The normalized spacial score (nSPS) is 32.9. The van der Waals surface area contributed by atoms with Crippen molar-refractivity contribution in [3.63, 3.8) is 0 Å². The average Bonchev–Trinajstić information content (AvgIpc) is 2.90. The van der Waals surface area contributed by atoms with Gasteiger partial charge in [-0.3, -0.25) is 0 Å². The molecule has 2 saturated carbocycles. The highest BCUT2D eigenvalue weighted by atomic mass is 79.9. The average molecular weight is 294 g/mol. The molecule has 1 aromatic rings. The van der Waals surface area contributed by atoms with Crippen molar-refractivity contribution in [1.82, 2.24) is 0 Å². The van der Waals surface area contributed by atoms with Crippen LogP contribution in [0.2, 0.25) is 0 Å². The molecule has 2 aliphatic carbocycles. The van der Waals surface area contributed by atoms with Crippen molar-refractivity contribution >= 4 is 15.9 Å². The maximum atomic E-state index is 6.43. The number of rotatable bonds is 3. The smallest absolute Gasteiger partial charge is 0.0178 e. The molecule has 1 aromatic carbocycles. The van der Waals surface area contributed by atoms with Gasteiger partial charge in [-0.25, -0.2) is 0 Å². The van der Waals surface area contributed by atoms with E-state index in [1.165, 1.54) is 31.2 Å². The van der Waals surface area contributed by atoms with Gasteiger partial charge in [0, 0.05) is 10.5 Å². The number of nitrogens with two attached hydrogens (primary N) is 1. The van der Waals surface area contributed by atoms with Crippen molar-refractivity contribution in [2.75, 3.05) is 0 Å². The van der Waals surface area contributed by atoms with E-state index in [4.69, 9.17) is 5.73 Å². The van der Waals surface area contributed by atoms with Crippen LogP contribution >= 0.6 is 15.9 Å². The standard InChI is InChI=1S/C15H20BrN/c16-13-3-1-2-10(7-13)9-15(17)14-8-11-4-5-12(14)6-11/h1-3,7,11-12,14-15H,4-6,8-9,17H2. The number of benzene rings is 1. The monoisotopic (exact) mass is 293 g/mol. The Morgan fingerprint density at radius 1 is 1.29 bits per heavy atom. The van der Waals surface area contributed by atoms with Crippen molar-refractivity contribution in [1.29, 1.82) is 0 Å². The third-order valence-corrected chi connectivity index (χ3v) is 5.20. The first-order valence-corrected chi connectivity index (χ1v) is 7.51. The van der Waals surface area contributed by atoms with E-state index >= 15 is 0 Å². The molecule has 2 aliphatic rings. The predicted octanol–water partition coefficient (Wildman–Crippen LogP) is 3.76. The fourth-order valence-electron chi connectivity index (χ4n) is 3.91. The second-order valence-corrected chi connectivity index (χ2v) is 6.75. The first-order valence-electron chi connectivity index (χ1n) is 6.72. The van der Waals surface area contributed by atoms with Crippen LogP contribution < -0.4 is 5.73 Å². The number of halogens is 1. The molecule has 0 amide bonds. The van der Waals surface area contributed by atoms with Gasteiger partial charge in [0.25, 0.3) is 0 Å². The Bertz CT molecular complexity index is 404. The highest BCUT2D eigenvalue weighted by Gasteiger charge is 2.41. The molecule has 4 unspecified atom stereocenters. The highest BCUT2D eigenvalue weighted by molar-refractivity contribution is 9.10. The minimum absolute atomic E-state index is 0.361. The first-order chi connectivity index (χ1) is 8.22. The molecule has 2 heteroatoms. The lowest BCUT2D eigenvalue weighted by molar-refractivity contribution is 0.280. The van der Waals surface area contributed by atoms with Gasteiger partial charge < -0.3 is 5.73 Å². The van der Waals surface area contributed by atoms with Crippen molar-refractivity contribution in [2.45, 2.75) is 38.1 Å². The molecule has 0 radical (unpaired) electrons. The second kappa shape index (κ2) is 4.74. The quantitative estimate of drug-likeness (QED) is 0.902. The van der Waals surface area contributed by atoms with Crippen LogP contribution in [-0.2, 0) is 6.42 Å². The topological polar surface area (TPSA) is 26.0 Å². The molecule has 3 rings (SSSR count). The van der Waals surface area contributed by atoms with Crippen LogP contribution in [0, 0.1) is 17.8 Å². The fourth-order valence-corrected chi connectivity index (χ4v) is 4.35. The third kappa shape index (κ3) is 2.43. The van der Waals surface area contributed by atoms with Gasteiger partial charge in [0.15, 0.2) is 0 Å². The van der Waals surface area contributed by atoms with Crippen LogP contribution in [0.3, 0.4) is 0 Å².